The fourth-order valence-corrected chi connectivity index (χ4v) is 2.10. The van der Waals surface area contributed by atoms with Gasteiger partial charge in [-0.3, -0.25) is 0 Å². The second-order valence-corrected chi connectivity index (χ2v) is 4.98. The predicted octanol–water partition coefficient (Wildman–Crippen LogP) is 2.82. The van der Waals surface area contributed by atoms with Gasteiger partial charge in [-0.1, -0.05) is 24.3 Å². The fraction of sp³-hybridized carbons (Fsp3) is 0.600. The molecule has 1 aliphatic rings. The summed E-state index contributed by atoms with van der Waals surface area (Å²) in [6.45, 7) is 2.33. The molecule has 0 aliphatic heterocycles. The quantitative estimate of drug-likeness (QED) is 0.677. The first-order chi connectivity index (χ1) is 8.40. The lowest BCUT2D eigenvalue weighted by molar-refractivity contribution is 0.283. The molecule has 2 heteroatoms. The van der Waals surface area contributed by atoms with Crippen molar-refractivity contribution >= 4 is 0 Å². The lowest BCUT2D eigenvalue weighted by Gasteiger charge is -2.05. The molecule has 2 rings (SSSR count). The van der Waals surface area contributed by atoms with Crippen LogP contribution >= 0.6 is 0 Å². The van der Waals surface area contributed by atoms with Gasteiger partial charge in [0.25, 0.3) is 0 Å². The van der Waals surface area contributed by atoms with Crippen molar-refractivity contribution in [3.05, 3.63) is 35.4 Å². The van der Waals surface area contributed by atoms with E-state index in [1.54, 1.807) is 0 Å². The highest BCUT2D eigenvalue weighted by Crippen LogP contribution is 2.39. The molecule has 17 heavy (non-hydrogen) atoms. The summed E-state index contributed by atoms with van der Waals surface area (Å²) >= 11 is 0. The maximum absolute atomic E-state index is 8.66. The molecule has 0 atom stereocenters. The van der Waals surface area contributed by atoms with Crippen LogP contribution in [-0.4, -0.2) is 18.3 Å². The summed E-state index contributed by atoms with van der Waals surface area (Å²) in [5, 5.41) is 12.1. The predicted molar refractivity (Wildman–Crippen MR) is 71.1 cm³/mol. The SMILES string of the molecule is OCCCCCNCc1ccc(C2CC2)cc1. The van der Waals surface area contributed by atoms with E-state index in [0.29, 0.717) is 6.61 Å². The Morgan fingerprint density at radius 1 is 1.06 bits per heavy atom. The maximum Gasteiger partial charge on any atom is 0.0431 e. The van der Waals surface area contributed by atoms with Crippen molar-refractivity contribution in [3.63, 3.8) is 0 Å². The summed E-state index contributed by atoms with van der Waals surface area (Å²) < 4.78 is 0. The number of nitrogens with one attached hydrogen (secondary N) is 1. The molecule has 1 aromatic rings. The summed E-state index contributed by atoms with van der Waals surface area (Å²) in [5.41, 5.74) is 2.88. The maximum atomic E-state index is 8.66. The van der Waals surface area contributed by atoms with Gasteiger partial charge in [0.05, 0.1) is 0 Å². The van der Waals surface area contributed by atoms with Gasteiger partial charge in [0, 0.05) is 13.2 Å². The van der Waals surface area contributed by atoms with Crippen molar-refractivity contribution in [1.82, 2.24) is 5.32 Å². The van der Waals surface area contributed by atoms with E-state index in [1.807, 2.05) is 0 Å². The van der Waals surface area contributed by atoms with Gasteiger partial charge < -0.3 is 10.4 Å². The molecule has 1 fully saturated rings. The van der Waals surface area contributed by atoms with E-state index in [0.717, 1.165) is 38.3 Å². The molecule has 1 saturated carbocycles. The molecule has 94 valence electrons. The van der Waals surface area contributed by atoms with E-state index in [4.69, 9.17) is 5.11 Å². The molecule has 1 aromatic carbocycles. The van der Waals surface area contributed by atoms with E-state index >= 15 is 0 Å². The van der Waals surface area contributed by atoms with Crippen LogP contribution in [0.1, 0.15) is 49.1 Å². The minimum atomic E-state index is 0.322. The molecule has 0 aromatic heterocycles. The summed E-state index contributed by atoms with van der Waals surface area (Å²) in [4.78, 5) is 0. The number of unbranched alkanes of at least 4 members (excludes halogenated alkanes) is 2. The zero-order valence-corrected chi connectivity index (χ0v) is 10.5. The smallest absolute Gasteiger partial charge is 0.0431 e. The van der Waals surface area contributed by atoms with Crippen LogP contribution in [0.5, 0.6) is 0 Å². The summed E-state index contributed by atoms with van der Waals surface area (Å²) in [6, 6.07) is 9.05. The van der Waals surface area contributed by atoms with Crippen LogP contribution in [0.3, 0.4) is 0 Å². The van der Waals surface area contributed by atoms with Crippen molar-refractivity contribution in [1.29, 1.82) is 0 Å². The van der Waals surface area contributed by atoms with Gasteiger partial charge in [0.2, 0.25) is 0 Å². The molecule has 0 heterocycles. The number of rotatable bonds is 8. The third-order valence-electron chi connectivity index (χ3n) is 3.37. The zero-order valence-electron chi connectivity index (χ0n) is 10.5. The number of hydrogen-bond acceptors (Lipinski definition) is 2. The van der Waals surface area contributed by atoms with Gasteiger partial charge in [-0.2, -0.15) is 0 Å². The molecular weight excluding hydrogens is 210 g/mol. The van der Waals surface area contributed by atoms with Gasteiger partial charge >= 0.3 is 0 Å². The number of benzene rings is 1. The van der Waals surface area contributed by atoms with E-state index in [9.17, 15) is 0 Å². The van der Waals surface area contributed by atoms with Gasteiger partial charge in [-0.15, -0.1) is 0 Å². The van der Waals surface area contributed by atoms with Crippen molar-refractivity contribution in [2.24, 2.45) is 0 Å². The fourth-order valence-electron chi connectivity index (χ4n) is 2.10. The van der Waals surface area contributed by atoms with Crippen molar-refractivity contribution < 1.29 is 5.11 Å². The molecular formula is C15H23NO. The molecule has 0 radical (unpaired) electrons. The minimum Gasteiger partial charge on any atom is -0.396 e. The first-order valence-corrected chi connectivity index (χ1v) is 6.80. The number of hydrogen-bond donors (Lipinski definition) is 2. The Morgan fingerprint density at radius 2 is 1.82 bits per heavy atom. The van der Waals surface area contributed by atoms with E-state index in [1.165, 1.54) is 24.0 Å². The molecule has 0 amide bonds. The summed E-state index contributed by atoms with van der Waals surface area (Å²) in [5.74, 6) is 0.857. The standard InChI is InChI=1S/C15H23NO/c17-11-3-1-2-10-16-12-13-4-6-14(7-5-13)15-8-9-15/h4-7,15-17H,1-3,8-12H2. The minimum absolute atomic E-state index is 0.322. The second kappa shape index (κ2) is 6.77. The lowest BCUT2D eigenvalue weighted by Crippen LogP contribution is -2.14. The lowest BCUT2D eigenvalue weighted by atomic mass is 10.1. The topological polar surface area (TPSA) is 32.3 Å². The molecule has 2 nitrogen and oxygen atoms in total. The largest absolute Gasteiger partial charge is 0.396 e. The highest BCUT2D eigenvalue weighted by molar-refractivity contribution is 5.27. The normalized spacial score (nSPS) is 15.1. The third kappa shape index (κ3) is 4.49. The molecule has 0 spiro atoms. The summed E-state index contributed by atoms with van der Waals surface area (Å²) in [6.07, 6.45) is 5.95. The Hall–Kier alpha value is -0.860. The van der Waals surface area contributed by atoms with Crippen molar-refractivity contribution in [2.45, 2.75) is 44.6 Å². The molecule has 1 aliphatic carbocycles. The molecule has 0 saturated heterocycles. The average Bonchev–Trinajstić information content (AvgIpc) is 3.19. The number of aliphatic hydroxyl groups excluding tert-OH is 1. The number of aliphatic hydroxyl groups is 1. The Bertz CT molecular complexity index is 316. The molecule has 0 unspecified atom stereocenters. The van der Waals surface area contributed by atoms with Gasteiger partial charge in [-0.25, -0.2) is 0 Å². The van der Waals surface area contributed by atoms with E-state index in [2.05, 4.69) is 29.6 Å². The Kier molecular flexibility index (Phi) is 5.02. The Balaban J connectivity index is 1.61. The monoisotopic (exact) mass is 233 g/mol. The van der Waals surface area contributed by atoms with Crippen LogP contribution in [0, 0.1) is 0 Å². The second-order valence-electron chi connectivity index (χ2n) is 4.98. The Labute approximate surface area is 104 Å². The first kappa shape index (κ1) is 12.6. The summed E-state index contributed by atoms with van der Waals surface area (Å²) in [7, 11) is 0. The average molecular weight is 233 g/mol. The molecule has 0 bridgehead atoms. The molecule has 2 N–H and O–H groups in total. The van der Waals surface area contributed by atoms with Crippen LogP contribution in [0.25, 0.3) is 0 Å². The van der Waals surface area contributed by atoms with E-state index in [-0.39, 0.29) is 0 Å². The van der Waals surface area contributed by atoms with Crippen LogP contribution in [-0.2, 0) is 6.54 Å². The van der Waals surface area contributed by atoms with Crippen LogP contribution < -0.4 is 5.32 Å². The van der Waals surface area contributed by atoms with Crippen LogP contribution in [0.4, 0.5) is 0 Å². The van der Waals surface area contributed by atoms with Crippen LogP contribution in [0.2, 0.25) is 0 Å². The highest BCUT2D eigenvalue weighted by atomic mass is 16.2. The zero-order chi connectivity index (χ0) is 11.9. The van der Waals surface area contributed by atoms with Gasteiger partial charge in [0.1, 0.15) is 0 Å². The Morgan fingerprint density at radius 3 is 2.47 bits per heavy atom. The third-order valence-corrected chi connectivity index (χ3v) is 3.37. The first-order valence-electron chi connectivity index (χ1n) is 6.80. The van der Waals surface area contributed by atoms with Crippen molar-refractivity contribution in [3.8, 4) is 0 Å². The highest BCUT2D eigenvalue weighted by Gasteiger charge is 2.22. The van der Waals surface area contributed by atoms with Gasteiger partial charge in [0.15, 0.2) is 0 Å². The van der Waals surface area contributed by atoms with Crippen molar-refractivity contribution in [2.75, 3.05) is 13.2 Å². The van der Waals surface area contributed by atoms with E-state index < -0.39 is 0 Å². The van der Waals surface area contributed by atoms with Gasteiger partial charge in [-0.05, 0) is 55.7 Å². The van der Waals surface area contributed by atoms with Crippen LogP contribution in [0.15, 0.2) is 24.3 Å².